The first-order valence-corrected chi connectivity index (χ1v) is 8.33. The number of benzene rings is 1. The van der Waals surface area contributed by atoms with Gasteiger partial charge < -0.3 is 4.98 Å². The second kappa shape index (κ2) is 6.60. The van der Waals surface area contributed by atoms with Gasteiger partial charge in [0.25, 0.3) is 0 Å². The Bertz CT molecular complexity index is 833. The van der Waals surface area contributed by atoms with Gasteiger partial charge in [-0.3, -0.25) is 15.6 Å². The summed E-state index contributed by atoms with van der Waals surface area (Å²) in [7, 11) is 0. The van der Waals surface area contributed by atoms with Crippen molar-refractivity contribution in [2.45, 2.75) is 39.3 Å². The Labute approximate surface area is 141 Å². The number of aromatic amines is 1. The van der Waals surface area contributed by atoms with E-state index in [0.717, 1.165) is 17.3 Å². The van der Waals surface area contributed by atoms with Gasteiger partial charge in [-0.15, -0.1) is 0 Å². The fourth-order valence-electron chi connectivity index (χ4n) is 3.38. The van der Waals surface area contributed by atoms with Crippen LogP contribution in [0, 0.1) is 17.2 Å². The van der Waals surface area contributed by atoms with Crippen molar-refractivity contribution < 1.29 is 4.79 Å². The number of ketones is 1. The van der Waals surface area contributed by atoms with E-state index >= 15 is 0 Å². The quantitative estimate of drug-likeness (QED) is 0.459. The van der Waals surface area contributed by atoms with E-state index in [2.05, 4.69) is 28.8 Å². The SMILES string of the molecule is CCc1cccc2c(C(=O)/C(C#N)=C\C3C(C)NNC3C)c[nH]c12. The molecule has 1 aliphatic heterocycles. The number of nitriles is 1. The molecule has 5 heteroatoms. The predicted molar refractivity (Wildman–Crippen MR) is 94.4 cm³/mol. The number of nitrogens with one attached hydrogen (secondary N) is 3. The van der Waals surface area contributed by atoms with Crippen molar-refractivity contribution in [3.63, 3.8) is 0 Å². The summed E-state index contributed by atoms with van der Waals surface area (Å²) in [5, 5.41) is 10.4. The maximum Gasteiger partial charge on any atom is 0.205 e. The second-order valence-electron chi connectivity index (χ2n) is 6.36. The molecule has 1 fully saturated rings. The molecular weight excluding hydrogens is 300 g/mol. The molecule has 0 radical (unpaired) electrons. The van der Waals surface area contributed by atoms with Crippen molar-refractivity contribution in [1.82, 2.24) is 15.8 Å². The number of carbonyl (C=O) groups is 1. The Balaban J connectivity index is 2.00. The summed E-state index contributed by atoms with van der Waals surface area (Å²) in [6.07, 6.45) is 4.41. The van der Waals surface area contributed by atoms with Gasteiger partial charge in [-0.25, -0.2) is 0 Å². The molecule has 24 heavy (non-hydrogen) atoms. The summed E-state index contributed by atoms with van der Waals surface area (Å²) in [6.45, 7) is 6.16. The largest absolute Gasteiger partial charge is 0.360 e. The normalized spacial score (nSPS) is 24.2. The molecule has 0 bridgehead atoms. The first-order valence-electron chi connectivity index (χ1n) is 8.33. The van der Waals surface area contributed by atoms with Crippen LogP contribution in [0.25, 0.3) is 10.9 Å². The van der Waals surface area contributed by atoms with E-state index in [0.29, 0.717) is 5.56 Å². The van der Waals surface area contributed by atoms with Crippen LogP contribution in [0.15, 0.2) is 36.0 Å². The molecule has 5 nitrogen and oxygen atoms in total. The Morgan fingerprint density at radius 2 is 2.00 bits per heavy atom. The minimum absolute atomic E-state index is 0.0972. The molecule has 2 atom stereocenters. The molecule has 3 N–H and O–H groups in total. The molecule has 1 aromatic heterocycles. The lowest BCUT2D eigenvalue weighted by Gasteiger charge is -2.13. The molecule has 1 aliphatic rings. The average Bonchev–Trinajstić information content (AvgIpc) is 3.16. The topological polar surface area (TPSA) is 80.7 Å². The monoisotopic (exact) mass is 322 g/mol. The average molecular weight is 322 g/mol. The highest BCUT2D eigenvalue weighted by Crippen LogP contribution is 2.25. The number of carbonyl (C=O) groups excluding carboxylic acids is 1. The maximum absolute atomic E-state index is 12.9. The van der Waals surface area contributed by atoms with E-state index in [1.807, 2.05) is 32.0 Å². The van der Waals surface area contributed by atoms with Crippen LogP contribution in [-0.2, 0) is 6.42 Å². The number of allylic oxidation sites excluding steroid dienone is 1. The molecule has 124 valence electrons. The number of Topliss-reactive ketones (excluding diaryl/α,β-unsaturated/α-hetero) is 1. The van der Waals surface area contributed by atoms with E-state index < -0.39 is 0 Å². The van der Waals surface area contributed by atoms with Gasteiger partial charge in [-0.1, -0.05) is 31.2 Å². The lowest BCUT2D eigenvalue weighted by atomic mass is 9.92. The molecule has 3 rings (SSSR count). The van der Waals surface area contributed by atoms with Crippen molar-refractivity contribution in [3.8, 4) is 6.07 Å². The molecule has 1 aromatic carbocycles. The zero-order valence-corrected chi connectivity index (χ0v) is 14.2. The van der Waals surface area contributed by atoms with Gasteiger partial charge in [0.05, 0.1) is 5.57 Å². The molecule has 0 amide bonds. The number of hydrogen-bond acceptors (Lipinski definition) is 4. The first kappa shape index (κ1) is 16.4. The summed E-state index contributed by atoms with van der Waals surface area (Å²) in [6, 6.07) is 8.37. The van der Waals surface area contributed by atoms with Gasteiger partial charge in [0, 0.05) is 40.7 Å². The highest BCUT2D eigenvalue weighted by Gasteiger charge is 2.29. The molecule has 0 aliphatic carbocycles. The smallest absolute Gasteiger partial charge is 0.205 e. The lowest BCUT2D eigenvalue weighted by molar-refractivity contribution is 0.103. The lowest BCUT2D eigenvalue weighted by Crippen LogP contribution is -2.30. The first-order chi connectivity index (χ1) is 11.6. The van der Waals surface area contributed by atoms with Crippen LogP contribution in [0.1, 0.15) is 36.7 Å². The highest BCUT2D eigenvalue weighted by atomic mass is 16.1. The van der Waals surface area contributed by atoms with Crippen molar-refractivity contribution >= 4 is 16.7 Å². The number of aromatic nitrogens is 1. The minimum atomic E-state index is -0.219. The Hall–Kier alpha value is -2.42. The van der Waals surface area contributed by atoms with Gasteiger partial charge in [0.15, 0.2) is 0 Å². The van der Waals surface area contributed by atoms with Crippen molar-refractivity contribution in [3.05, 3.63) is 47.2 Å². The van der Waals surface area contributed by atoms with E-state index in [4.69, 9.17) is 0 Å². The standard InChI is InChI=1S/C19H22N4O/c1-4-13-6-5-7-15-17(10-21-18(13)15)19(24)14(9-20)8-16-11(2)22-23-12(16)3/h5-8,10-12,16,21-23H,4H2,1-3H3/b14-8-. The van der Waals surface area contributed by atoms with Gasteiger partial charge in [-0.05, 0) is 25.8 Å². The number of para-hydroxylation sites is 1. The van der Waals surface area contributed by atoms with E-state index in [9.17, 15) is 10.1 Å². The number of nitrogens with zero attached hydrogens (tertiary/aromatic N) is 1. The maximum atomic E-state index is 12.9. The third-order valence-corrected chi connectivity index (χ3v) is 4.84. The molecular formula is C19H22N4O. The summed E-state index contributed by atoms with van der Waals surface area (Å²) < 4.78 is 0. The van der Waals surface area contributed by atoms with Crippen LogP contribution in [0.5, 0.6) is 0 Å². The van der Waals surface area contributed by atoms with E-state index in [1.165, 1.54) is 5.56 Å². The van der Waals surface area contributed by atoms with Gasteiger partial charge >= 0.3 is 0 Å². The summed E-state index contributed by atoms with van der Waals surface area (Å²) >= 11 is 0. The summed E-state index contributed by atoms with van der Waals surface area (Å²) in [4.78, 5) is 16.1. The second-order valence-corrected chi connectivity index (χ2v) is 6.36. The summed E-state index contributed by atoms with van der Waals surface area (Å²) in [5.74, 6) is -0.122. The zero-order chi connectivity index (χ0) is 17.3. The van der Waals surface area contributed by atoms with Gasteiger partial charge in [-0.2, -0.15) is 5.26 Å². The third-order valence-electron chi connectivity index (χ3n) is 4.84. The van der Waals surface area contributed by atoms with E-state index in [1.54, 1.807) is 12.3 Å². The Kier molecular flexibility index (Phi) is 4.52. The molecule has 2 unspecified atom stereocenters. The fraction of sp³-hybridized carbons (Fsp3) is 0.368. The number of H-pyrrole nitrogens is 1. The fourth-order valence-corrected chi connectivity index (χ4v) is 3.38. The minimum Gasteiger partial charge on any atom is -0.360 e. The Morgan fingerprint density at radius 3 is 2.62 bits per heavy atom. The molecule has 0 spiro atoms. The zero-order valence-electron chi connectivity index (χ0n) is 14.2. The van der Waals surface area contributed by atoms with Crippen molar-refractivity contribution in [2.24, 2.45) is 5.92 Å². The predicted octanol–water partition coefficient (Wildman–Crippen LogP) is 2.86. The van der Waals surface area contributed by atoms with Crippen LogP contribution in [0.3, 0.4) is 0 Å². The van der Waals surface area contributed by atoms with Crippen LogP contribution in [0.2, 0.25) is 0 Å². The van der Waals surface area contributed by atoms with Crippen molar-refractivity contribution in [2.75, 3.05) is 0 Å². The summed E-state index contributed by atoms with van der Waals surface area (Å²) in [5.41, 5.74) is 9.20. The third kappa shape index (κ3) is 2.75. The number of aryl methyl sites for hydroxylation is 1. The number of hydrazine groups is 1. The van der Waals surface area contributed by atoms with E-state index in [-0.39, 0.29) is 29.4 Å². The van der Waals surface area contributed by atoms with Crippen LogP contribution < -0.4 is 10.9 Å². The Morgan fingerprint density at radius 1 is 1.29 bits per heavy atom. The van der Waals surface area contributed by atoms with Crippen LogP contribution >= 0.6 is 0 Å². The number of rotatable bonds is 4. The number of fused-ring (bicyclic) bond motifs is 1. The van der Waals surface area contributed by atoms with Gasteiger partial charge in [0.1, 0.15) is 6.07 Å². The van der Waals surface area contributed by atoms with Gasteiger partial charge in [0.2, 0.25) is 5.78 Å². The highest BCUT2D eigenvalue weighted by molar-refractivity contribution is 6.18. The molecule has 2 aromatic rings. The molecule has 1 saturated heterocycles. The number of hydrogen-bond donors (Lipinski definition) is 3. The van der Waals surface area contributed by atoms with Crippen LogP contribution in [0.4, 0.5) is 0 Å². The molecule has 2 heterocycles. The molecule has 0 saturated carbocycles. The van der Waals surface area contributed by atoms with Crippen LogP contribution in [-0.4, -0.2) is 22.9 Å². The van der Waals surface area contributed by atoms with Crippen molar-refractivity contribution in [1.29, 1.82) is 5.26 Å².